The van der Waals surface area contributed by atoms with Crippen molar-refractivity contribution in [1.82, 2.24) is 0 Å². The first kappa shape index (κ1) is 18.1. The number of halogens is 1. The van der Waals surface area contributed by atoms with Crippen LogP contribution in [0.4, 0.5) is 4.39 Å². The zero-order valence-electron chi connectivity index (χ0n) is 13.2. The minimum absolute atomic E-state index is 0.00221. The maximum atomic E-state index is 13.7. The Morgan fingerprint density at radius 2 is 1.53 bits per heavy atom. The van der Waals surface area contributed by atoms with Crippen LogP contribution in [0.25, 0.3) is 0 Å². The van der Waals surface area contributed by atoms with E-state index in [4.69, 9.17) is 0 Å². The predicted octanol–water partition coefficient (Wildman–Crippen LogP) is 4.99. The molecule has 0 aromatic heterocycles. The summed E-state index contributed by atoms with van der Waals surface area (Å²) in [7, 11) is 0. The number of aliphatic hydroxyl groups is 1. The number of ketones is 1. The van der Waals surface area contributed by atoms with Crippen molar-refractivity contribution in [2.45, 2.75) is 72.9 Å². The molecule has 0 saturated carbocycles. The molecule has 0 aromatic carbocycles. The number of alkyl halides is 1. The van der Waals surface area contributed by atoms with Gasteiger partial charge in [-0.25, -0.2) is 4.39 Å². The third-order valence-corrected chi connectivity index (χ3v) is 3.72. The molecule has 0 rings (SSSR count). The van der Waals surface area contributed by atoms with Crippen LogP contribution in [0.1, 0.15) is 67.2 Å². The van der Waals surface area contributed by atoms with Crippen LogP contribution >= 0.6 is 0 Å². The van der Waals surface area contributed by atoms with E-state index >= 15 is 0 Å². The lowest BCUT2D eigenvalue weighted by molar-refractivity contribution is -0.119. The fraction of sp³-hybridized carbons (Fsp3) is 0.812. The van der Waals surface area contributed by atoms with Crippen molar-refractivity contribution in [3.05, 3.63) is 11.3 Å². The van der Waals surface area contributed by atoms with Gasteiger partial charge in [-0.1, -0.05) is 20.8 Å². The molecule has 0 aliphatic carbocycles. The maximum Gasteiger partial charge on any atom is 0.164 e. The van der Waals surface area contributed by atoms with Gasteiger partial charge >= 0.3 is 0 Å². The summed E-state index contributed by atoms with van der Waals surface area (Å²) >= 11 is 0. The molecule has 0 aliphatic rings. The predicted molar refractivity (Wildman–Crippen MR) is 78.0 cm³/mol. The van der Waals surface area contributed by atoms with Crippen molar-refractivity contribution in [3.8, 4) is 0 Å². The number of hydrogen-bond acceptors (Lipinski definition) is 2. The Morgan fingerprint density at radius 3 is 1.84 bits per heavy atom. The van der Waals surface area contributed by atoms with E-state index < -0.39 is 5.67 Å². The summed E-state index contributed by atoms with van der Waals surface area (Å²) < 4.78 is 13.7. The molecule has 112 valence electrons. The molecule has 3 heteroatoms. The van der Waals surface area contributed by atoms with Crippen molar-refractivity contribution in [1.29, 1.82) is 0 Å². The molecule has 0 spiro atoms. The first-order valence-corrected chi connectivity index (χ1v) is 7.30. The topological polar surface area (TPSA) is 37.3 Å². The highest BCUT2D eigenvalue weighted by molar-refractivity contribution is 5.97. The Labute approximate surface area is 117 Å². The Morgan fingerprint density at radius 1 is 1.11 bits per heavy atom. The van der Waals surface area contributed by atoms with Crippen LogP contribution in [-0.2, 0) is 4.79 Å². The number of aliphatic hydroxyl groups excluding tert-OH is 1. The molecule has 0 aliphatic heterocycles. The van der Waals surface area contributed by atoms with Gasteiger partial charge in [-0.3, -0.25) is 4.79 Å². The monoisotopic (exact) mass is 272 g/mol. The second kappa shape index (κ2) is 7.66. The van der Waals surface area contributed by atoms with Gasteiger partial charge in [0, 0.05) is 17.4 Å². The molecule has 0 radical (unpaired) electrons. The normalized spacial score (nSPS) is 15.4. The minimum atomic E-state index is -1.34. The van der Waals surface area contributed by atoms with E-state index in [9.17, 15) is 14.3 Å². The fourth-order valence-electron chi connectivity index (χ4n) is 2.42. The summed E-state index contributed by atoms with van der Waals surface area (Å²) in [6.45, 7) is 10.5. The molecule has 0 saturated heterocycles. The first-order valence-electron chi connectivity index (χ1n) is 7.30. The largest absolute Gasteiger partial charge is 0.512 e. The van der Waals surface area contributed by atoms with Crippen LogP contribution in [-0.4, -0.2) is 16.6 Å². The molecule has 1 atom stereocenters. The molecule has 0 heterocycles. The molecule has 0 aromatic rings. The third kappa shape index (κ3) is 5.75. The zero-order chi connectivity index (χ0) is 15.2. The Hall–Kier alpha value is -0.860. The summed E-state index contributed by atoms with van der Waals surface area (Å²) in [4.78, 5) is 12.2. The number of carbonyl (C=O) groups excluding carboxylic acids is 1. The Bertz CT molecular complexity index is 322. The lowest BCUT2D eigenvalue weighted by Crippen LogP contribution is -2.22. The SMILES string of the molecule is CCC(CC)C(=O)C(C)=C(O)C(CC)CC(C)(C)F. The molecule has 2 nitrogen and oxygen atoms in total. The second-order valence-electron chi connectivity index (χ2n) is 5.92. The van der Waals surface area contributed by atoms with Crippen molar-refractivity contribution >= 4 is 5.78 Å². The summed E-state index contributed by atoms with van der Waals surface area (Å²) in [6, 6.07) is 0. The molecule has 0 bridgehead atoms. The molecule has 0 fully saturated rings. The van der Waals surface area contributed by atoms with Crippen LogP contribution in [0.15, 0.2) is 11.3 Å². The van der Waals surface area contributed by atoms with Gasteiger partial charge in [0.15, 0.2) is 5.78 Å². The average molecular weight is 272 g/mol. The van der Waals surface area contributed by atoms with Crippen LogP contribution in [0.2, 0.25) is 0 Å². The Kier molecular flexibility index (Phi) is 7.32. The van der Waals surface area contributed by atoms with Gasteiger partial charge in [0.25, 0.3) is 0 Å². The van der Waals surface area contributed by atoms with Crippen LogP contribution in [0.3, 0.4) is 0 Å². The van der Waals surface area contributed by atoms with Crippen LogP contribution < -0.4 is 0 Å². The highest BCUT2D eigenvalue weighted by Gasteiger charge is 2.27. The highest BCUT2D eigenvalue weighted by atomic mass is 19.1. The summed E-state index contributed by atoms with van der Waals surface area (Å²) in [6.07, 6.45) is 2.41. The third-order valence-electron chi connectivity index (χ3n) is 3.72. The fourth-order valence-corrected chi connectivity index (χ4v) is 2.42. The van der Waals surface area contributed by atoms with Crippen molar-refractivity contribution in [2.24, 2.45) is 11.8 Å². The molecule has 1 unspecified atom stereocenters. The Balaban J connectivity index is 5.13. The summed E-state index contributed by atoms with van der Waals surface area (Å²) in [5.74, 6) is -0.251. The number of Topliss-reactive ketones (excluding diaryl/α,β-unsaturated/α-hetero) is 1. The number of carbonyl (C=O) groups is 1. The van der Waals surface area contributed by atoms with E-state index in [0.717, 1.165) is 12.8 Å². The minimum Gasteiger partial charge on any atom is -0.512 e. The van der Waals surface area contributed by atoms with E-state index in [1.165, 1.54) is 13.8 Å². The molecular formula is C16H29FO2. The molecule has 1 N–H and O–H groups in total. The van der Waals surface area contributed by atoms with E-state index in [2.05, 4.69) is 0 Å². The highest BCUT2D eigenvalue weighted by Crippen LogP contribution is 2.29. The van der Waals surface area contributed by atoms with Crippen LogP contribution in [0.5, 0.6) is 0 Å². The van der Waals surface area contributed by atoms with E-state index in [1.807, 2.05) is 20.8 Å². The molecular weight excluding hydrogens is 243 g/mol. The summed E-state index contributed by atoms with van der Waals surface area (Å²) in [5.41, 5.74) is -0.933. The number of rotatable bonds is 8. The lowest BCUT2D eigenvalue weighted by Gasteiger charge is -2.23. The van der Waals surface area contributed by atoms with Gasteiger partial charge in [-0.05, 0) is 46.5 Å². The average Bonchev–Trinajstić information content (AvgIpc) is 2.34. The maximum absolute atomic E-state index is 13.7. The van der Waals surface area contributed by atoms with E-state index in [1.54, 1.807) is 6.92 Å². The van der Waals surface area contributed by atoms with Gasteiger partial charge in [0.2, 0.25) is 0 Å². The van der Waals surface area contributed by atoms with E-state index in [-0.39, 0.29) is 29.8 Å². The van der Waals surface area contributed by atoms with Gasteiger partial charge in [-0.15, -0.1) is 0 Å². The lowest BCUT2D eigenvalue weighted by atomic mass is 9.86. The molecule has 19 heavy (non-hydrogen) atoms. The smallest absolute Gasteiger partial charge is 0.164 e. The zero-order valence-corrected chi connectivity index (χ0v) is 13.2. The number of allylic oxidation sites excluding steroid dienone is 2. The quantitative estimate of drug-likeness (QED) is 0.499. The summed E-state index contributed by atoms with van der Waals surface area (Å²) in [5, 5.41) is 10.2. The van der Waals surface area contributed by atoms with Gasteiger partial charge in [0.1, 0.15) is 11.4 Å². The number of hydrogen-bond donors (Lipinski definition) is 1. The standard InChI is InChI=1S/C16H29FO2/c1-7-12(8-2)14(18)11(4)15(19)13(9-3)10-16(5,6)17/h12-13,19H,7-10H2,1-6H3. The van der Waals surface area contributed by atoms with E-state index in [0.29, 0.717) is 12.0 Å². The van der Waals surface area contributed by atoms with Crippen molar-refractivity contribution in [2.75, 3.05) is 0 Å². The first-order chi connectivity index (χ1) is 8.67. The van der Waals surface area contributed by atoms with Crippen molar-refractivity contribution in [3.63, 3.8) is 0 Å². The van der Waals surface area contributed by atoms with Gasteiger partial charge in [0.05, 0.1) is 0 Å². The van der Waals surface area contributed by atoms with Gasteiger partial charge < -0.3 is 5.11 Å². The van der Waals surface area contributed by atoms with Gasteiger partial charge in [-0.2, -0.15) is 0 Å². The van der Waals surface area contributed by atoms with Crippen molar-refractivity contribution < 1.29 is 14.3 Å². The van der Waals surface area contributed by atoms with Crippen LogP contribution in [0, 0.1) is 11.8 Å². The second-order valence-corrected chi connectivity index (χ2v) is 5.92. The molecule has 0 amide bonds.